The third-order valence-electron chi connectivity index (χ3n) is 7.86. The summed E-state index contributed by atoms with van der Waals surface area (Å²) in [7, 11) is 0. The number of nitrogens with zero attached hydrogens (tertiary/aromatic N) is 5. The van der Waals surface area contributed by atoms with Crippen LogP contribution in [0.3, 0.4) is 0 Å². The number of anilines is 1. The van der Waals surface area contributed by atoms with E-state index in [1.807, 2.05) is 41.1 Å². The predicted octanol–water partition coefficient (Wildman–Crippen LogP) is 5.82. The van der Waals surface area contributed by atoms with E-state index in [1.165, 1.54) is 0 Å². The highest BCUT2D eigenvalue weighted by Crippen LogP contribution is 2.60. The van der Waals surface area contributed by atoms with E-state index in [0.717, 1.165) is 63.1 Å². The van der Waals surface area contributed by atoms with Gasteiger partial charge in [0.2, 0.25) is 0 Å². The first-order valence-electron chi connectivity index (χ1n) is 12.8. The number of rotatable bonds is 4. The van der Waals surface area contributed by atoms with Crippen molar-refractivity contribution in [3.8, 4) is 33.8 Å². The molecule has 8 rings (SSSR count). The Bertz CT molecular complexity index is 1920. The van der Waals surface area contributed by atoms with Crippen molar-refractivity contribution in [1.82, 2.24) is 29.5 Å². The first kappa shape index (κ1) is 23.5. The molecule has 0 saturated heterocycles. The summed E-state index contributed by atoms with van der Waals surface area (Å²) in [5, 5.41) is 12.1. The standard InChI is InChI=1S/C29H21Cl2N7O2/c1-14-13-40-25-7-15(2-4-21(25)33-14)22-11-32-29(34-22)28-20-10-19(20)24-6-16(8-27(39)38(24)28)18-9-17(30)3-5-23(18)37-12-26(31)35-36-37/h2-9,11-12,19-20,28,33H,1,10,13H2,(H,32,34). The van der Waals surface area contributed by atoms with Gasteiger partial charge in [0.1, 0.15) is 18.2 Å². The number of ether oxygens (including phenoxy) is 1. The molecule has 0 amide bonds. The first-order valence-corrected chi connectivity index (χ1v) is 13.6. The molecule has 9 nitrogen and oxygen atoms in total. The second-order valence-corrected chi connectivity index (χ2v) is 11.2. The van der Waals surface area contributed by atoms with E-state index in [2.05, 4.69) is 33.3 Å². The fourth-order valence-electron chi connectivity index (χ4n) is 6.00. The van der Waals surface area contributed by atoms with Crippen LogP contribution in [0.4, 0.5) is 5.69 Å². The molecule has 2 aliphatic heterocycles. The van der Waals surface area contributed by atoms with Crippen LogP contribution in [0.15, 0.2) is 78.0 Å². The number of fused-ring (bicyclic) bond motifs is 4. The predicted molar refractivity (Wildman–Crippen MR) is 152 cm³/mol. The molecule has 40 heavy (non-hydrogen) atoms. The van der Waals surface area contributed by atoms with Crippen molar-refractivity contribution in [2.45, 2.75) is 18.4 Å². The van der Waals surface area contributed by atoms with Gasteiger partial charge in [-0.25, -0.2) is 9.67 Å². The normalized spacial score (nSPS) is 20.4. The van der Waals surface area contributed by atoms with Crippen molar-refractivity contribution in [1.29, 1.82) is 0 Å². The van der Waals surface area contributed by atoms with Crippen LogP contribution in [-0.2, 0) is 0 Å². The SMILES string of the molecule is C=C1COc2cc(-c3cnc(C4C5CC5c5cc(-c6cc(Cl)ccc6-n6cc(Cl)nn6)cc(=O)n54)[nH]3)ccc2N1. The monoisotopic (exact) mass is 569 g/mol. The molecule has 0 spiro atoms. The van der Waals surface area contributed by atoms with Gasteiger partial charge in [-0.05, 0) is 54.3 Å². The second-order valence-electron chi connectivity index (χ2n) is 10.4. The number of nitrogens with one attached hydrogen (secondary N) is 2. The number of pyridine rings is 1. The quantitative estimate of drug-likeness (QED) is 0.283. The average molecular weight is 570 g/mol. The number of aromatic amines is 1. The Balaban J connectivity index is 1.17. The van der Waals surface area contributed by atoms with E-state index in [1.54, 1.807) is 23.0 Å². The van der Waals surface area contributed by atoms with E-state index < -0.39 is 0 Å². The Labute approximate surface area is 238 Å². The lowest BCUT2D eigenvalue weighted by atomic mass is 10.0. The Morgan fingerprint density at radius 2 is 1.98 bits per heavy atom. The Morgan fingerprint density at radius 1 is 1.07 bits per heavy atom. The fourth-order valence-corrected chi connectivity index (χ4v) is 6.30. The maximum atomic E-state index is 13.7. The molecule has 2 N–H and O–H groups in total. The van der Waals surface area contributed by atoms with Gasteiger partial charge in [-0.15, -0.1) is 5.10 Å². The van der Waals surface area contributed by atoms with Crippen LogP contribution in [0.1, 0.15) is 29.9 Å². The zero-order chi connectivity index (χ0) is 27.1. The van der Waals surface area contributed by atoms with Gasteiger partial charge in [-0.2, -0.15) is 0 Å². The van der Waals surface area contributed by atoms with Gasteiger partial charge < -0.3 is 19.6 Å². The maximum absolute atomic E-state index is 13.7. The highest BCUT2D eigenvalue weighted by atomic mass is 35.5. The summed E-state index contributed by atoms with van der Waals surface area (Å²) in [5.41, 5.74) is 6.76. The molecule has 3 aliphatic rings. The molecule has 3 atom stereocenters. The van der Waals surface area contributed by atoms with Crippen molar-refractivity contribution in [2.75, 3.05) is 11.9 Å². The molecule has 198 valence electrons. The minimum atomic E-state index is -0.151. The van der Waals surface area contributed by atoms with E-state index in [-0.39, 0.29) is 16.8 Å². The van der Waals surface area contributed by atoms with E-state index in [0.29, 0.717) is 23.5 Å². The van der Waals surface area contributed by atoms with Crippen LogP contribution in [0.25, 0.3) is 28.1 Å². The Morgan fingerprint density at radius 3 is 2.83 bits per heavy atom. The fraction of sp³-hybridized carbons (Fsp3) is 0.172. The lowest BCUT2D eigenvalue weighted by molar-refractivity contribution is 0.347. The molecule has 11 heteroatoms. The topological polar surface area (TPSA) is 103 Å². The first-order chi connectivity index (χ1) is 19.4. The molecule has 1 saturated carbocycles. The third kappa shape index (κ3) is 3.69. The molecule has 5 heterocycles. The molecule has 1 aliphatic carbocycles. The smallest absolute Gasteiger partial charge is 0.252 e. The molecule has 3 unspecified atom stereocenters. The largest absolute Gasteiger partial charge is 0.485 e. The summed E-state index contributed by atoms with van der Waals surface area (Å²) in [6.45, 7) is 4.36. The van der Waals surface area contributed by atoms with Crippen LogP contribution in [0.2, 0.25) is 10.2 Å². The molecular weight excluding hydrogens is 549 g/mol. The van der Waals surface area contributed by atoms with Crippen molar-refractivity contribution < 1.29 is 4.74 Å². The van der Waals surface area contributed by atoms with Crippen molar-refractivity contribution in [2.24, 2.45) is 5.92 Å². The lowest BCUT2D eigenvalue weighted by Gasteiger charge is -2.21. The Kier molecular flexibility index (Phi) is 5.05. The van der Waals surface area contributed by atoms with Gasteiger partial charge in [-0.3, -0.25) is 4.79 Å². The summed E-state index contributed by atoms with van der Waals surface area (Å²) in [4.78, 5) is 21.9. The summed E-state index contributed by atoms with van der Waals surface area (Å²) >= 11 is 12.4. The van der Waals surface area contributed by atoms with E-state index in [4.69, 9.17) is 32.9 Å². The van der Waals surface area contributed by atoms with Gasteiger partial charge in [0.25, 0.3) is 5.56 Å². The zero-order valence-corrected chi connectivity index (χ0v) is 22.4. The number of halogens is 2. The minimum absolute atomic E-state index is 0.0846. The van der Waals surface area contributed by atoms with Gasteiger partial charge in [-0.1, -0.05) is 41.1 Å². The lowest BCUT2D eigenvalue weighted by Crippen LogP contribution is -2.26. The van der Waals surface area contributed by atoms with E-state index >= 15 is 0 Å². The Hall–Kier alpha value is -4.34. The summed E-state index contributed by atoms with van der Waals surface area (Å²) in [5.74, 6) is 2.16. The summed E-state index contributed by atoms with van der Waals surface area (Å²) in [6.07, 6.45) is 4.45. The highest BCUT2D eigenvalue weighted by Gasteiger charge is 2.54. The van der Waals surface area contributed by atoms with Crippen molar-refractivity contribution in [3.63, 3.8) is 0 Å². The highest BCUT2D eigenvalue weighted by molar-refractivity contribution is 6.31. The summed E-state index contributed by atoms with van der Waals surface area (Å²) < 4.78 is 9.29. The van der Waals surface area contributed by atoms with Crippen LogP contribution >= 0.6 is 23.2 Å². The average Bonchev–Trinajstić information content (AvgIpc) is 3.23. The van der Waals surface area contributed by atoms with Crippen LogP contribution in [0, 0.1) is 5.92 Å². The van der Waals surface area contributed by atoms with E-state index in [9.17, 15) is 4.79 Å². The summed E-state index contributed by atoms with van der Waals surface area (Å²) in [6, 6.07) is 15.0. The number of hydrogen-bond acceptors (Lipinski definition) is 6. The third-order valence-corrected chi connectivity index (χ3v) is 8.27. The van der Waals surface area contributed by atoms with Gasteiger partial charge >= 0.3 is 0 Å². The molecule has 2 aromatic carbocycles. The second kappa shape index (κ2) is 8.58. The number of H-pyrrole nitrogens is 1. The van der Waals surface area contributed by atoms with Gasteiger partial charge in [0.05, 0.1) is 35.5 Å². The maximum Gasteiger partial charge on any atom is 0.252 e. The van der Waals surface area contributed by atoms with Gasteiger partial charge in [0.15, 0.2) is 5.15 Å². The zero-order valence-electron chi connectivity index (χ0n) is 20.9. The molecule has 0 radical (unpaired) electrons. The molecule has 0 bridgehead atoms. The molecule has 5 aromatic rings. The molecule has 3 aromatic heterocycles. The van der Waals surface area contributed by atoms with Crippen LogP contribution in [-0.4, -0.2) is 36.1 Å². The van der Waals surface area contributed by atoms with Crippen LogP contribution in [0.5, 0.6) is 5.75 Å². The van der Waals surface area contributed by atoms with Gasteiger partial charge in [0, 0.05) is 39.5 Å². The number of aromatic nitrogens is 6. The van der Waals surface area contributed by atoms with Crippen LogP contribution < -0.4 is 15.6 Å². The number of benzene rings is 2. The van der Waals surface area contributed by atoms with Crippen molar-refractivity contribution >= 4 is 28.9 Å². The number of imidazole rings is 1. The minimum Gasteiger partial charge on any atom is -0.485 e. The number of hydrogen-bond donors (Lipinski definition) is 2. The molecular formula is C29H21Cl2N7O2. The molecule has 1 fully saturated rings. The van der Waals surface area contributed by atoms with Crippen molar-refractivity contribution in [3.05, 3.63) is 105 Å².